The summed E-state index contributed by atoms with van der Waals surface area (Å²) < 4.78 is 1.42. The number of nitrogens with zero attached hydrogens (tertiary/aromatic N) is 3. The van der Waals surface area contributed by atoms with Crippen LogP contribution in [-0.2, 0) is 11.3 Å². The van der Waals surface area contributed by atoms with Crippen LogP contribution in [0.5, 0.6) is 0 Å². The van der Waals surface area contributed by atoms with Crippen LogP contribution in [0, 0.1) is 0 Å². The Morgan fingerprint density at radius 3 is 2.86 bits per heavy atom. The SMILES string of the molecule is CC(C)(O)CNC(=O)Cn1ccnn1. The Morgan fingerprint density at radius 2 is 2.36 bits per heavy atom. The second-order valence-corrected chi connectivity index (χ2v) is 3.69. The van der Waals surface area contributed by atoms with Crippen LogP contribution in [0.4, 0.5) is 0 Å². The Balaban J connectivity index is 2.30. The molecule has 2 N–H and O–H groups in total. The highest BCUT2D eigenvalue weighted by Crippen LogP contribution is 1.96. The van der Waals surface area contributed by atoms with Gasteiger partial charge in [0.25, 0.3) is 0 Å². The monoisotopic (exact) mass is 198 g/mol. The smallest absolute Gasteiger partial charge is 0.241 e. The molecule has 0 saturated heterocycles. The van der Waals surface area contributed by atoms with Gasteiger partial charge in [0, 0.05) is 12.7 Å². The van der Waals surface area contributed by atoms with E-state index in [1.54, 1.807) is 20.0 Å². The largest absolute Gasteiger partial charge is 0.389 e. The van der Waals surface area contributed by atoms with Crippen molar-refractivity contribution in [2.75, 3.05) is 6.54 Å². The first-order valence-electron chi connectivity index (χ1n) is 4.30. The summed E-state index contributed by atoms with van der Waals surface area (Å²) in [5, 5.41) is 19.1. The third-order valence-corrected chi connectivity index (χ3v) is 1.50. The van der Waals surface area contributed by atoms with Crippen molar-refractivity contribution in [3.8, 4) is 0 Å². The summed E-state index contributed by atoms with van der Waals surface area (Å²) in [6.07, 6.45) is 3.10. The van der Waals surface area contributed by atoms with E-state index in [2.05, 4.69) is 15.6 Å². The fraction of sp³-hybridized carbons (Fsp3) is 0.625. The Labute approximate surface area is 81.9 Å². The highest BCUT2D eigenvalue weighted by molar-refractivity contribution is 5.75. The molecule has 0 atom stereocenters. The number of rotatable bonds is 4. The van der Waals surface area contributed by atoms with Gasteiger partial charge < -0.3 is 10.4 Å². The van der Waals surface area contributed by atoms with Gasteiger partial charge in [0.1, 0.15) is 6.54 Å². The van der Waals surface area contributed by atoms with Crippen LogP contribution in [-0.4, -0.2) is 38.2 Å². The zero-order valence-corrected chi connectivity index (χ0v) is 8.27. The number of nitrogens with one attached hydrogen (secondary N) is 1. The van der Waals surface area contributed by atoms with Crippen LogP contribution in [0.3, 0.4) is 0 Å². The van der Waals surface area contributed by atoms with Gasteiger partial charge in [-0.2, -0.15) is 0 Å². The molecule has 0 fully saturated rings. The number of amides is 1. The minimum atomic E-state index is -0.891. The van der Waals surface area contributed by atoms with Crippen LogP contribution in [0.15, 0.2) is 12.4 Å². The van der Waals surface area contributed by atoms with Crippen molar-refractivity contribution in [3.63, 3.8) is 0 Å². The summed E-state index contributed by atoms with van der Waals surface area (Å²) in [5.74, 6) is -0.197. The third kappa shape index (κ3) is 3.99. The predicted octanol–water partition coefficient (Wildman–Crippen LogP) is -0.835. The quantitative estimate of drug-likeness (QED) is 0.661. The molecule has 0 spiro atoms. The first-order chi connectivity index (χ1) is 6.47. The standard InChI is InChI=1S/C8H14N4O2/c1-8(2,14)6-9-7(13)5-12-4-3-10-11-12/h3-4,14H,5-6H2,1-2H3,(H,9,13). The number of hydrogen-bond acceptors (Lipinski definition) is 4. The molecule has 78 valence electrons. The molecule has 0 aliphatic rings. The van der Waals surface area contributed by atoms with Gasteiger partial charge >= 0.3 is 0 Å². The van der Waals surface area contributed by atoms with Gasteiger partial charge in [-0.3, -0.25) is 4.79 Å². The molecular formula is C8H14N4O2. The number of hydrogen-bond donors (Lipinski definition) is 2. The molecule has 1 aromatic rings. The maximum atomic E-state index is 11.2. The fourth-order valence-electron chi connectivity index (χ4n) is 0.835. The van der Waals surface area contributed by atoms with Crippen LogP contribution in [0.2, 0.25) is 0 Å². The Bertz CT molecular complexity index is 289. The number of carbonyl (C=O) groups is 1. The van der Waals surface area contributed by atoms with Gasteiger partial charge in [-0.25, -0.2) is 4.68 Å². The maximum absolute atomic E-state index is 11.2. The van der Waals surface area contributed by atoms with Crippen molar-refractivity contribution in [1.82, 2.24) is 20.3 Å². The first kappa shape index (κ1) is 10.6. The first-order valence-corrected chi connectivity index (χ1v) is 4.30. The number of aliphatic hydroxyl groups is 1. The predicted molar refractivity (Wildman–Crippen MR) is 49.3 cm³/mol. The second kappa shape index (κ2) is 4.19. The molecule has 0 bridgehead atoms. The van der Waals surface area contributed by atoms with E-state index < -0.39 is 5.60 Å². The van der Waals surface area contributed by atoms with E-state index >= 15 is 0 Å². The third-order valence-electron chi connectivity index (χ3n) is 1.50. The molecule has 0 aliphatic heterocycles. The molecule has 0 unspecified atom stereocenters. The highest BCUT2D eigenvalue weighted by Gasteiger charge is 2.13. The van der Waals surface area contributed by atoms with Crippen molar-refractivity contribution in [3.05, 3.63) is 12.4 Å². The van der Waals surface area contributed by atoms with Gasteiger partial charge in [-0.05, 0) is 13.8 Å². The van der Waals surface area contributed by atoms with Gasteiger partial charge in [0.05, 0.1) is 11.8 Å². The number of carbonyl (C=O) groups excluding carboxylic acids is 1. The Hall–Kier alpha value is -1.43. The van der Waals surface area contributed by atoms with E-state index in [0.29, 0.717) is 0 Å². The summed E-state index contributed by atoms with van der Waals surface area (Å²) in [6, 6.07) is 0. The molecule has 0 aliphatic carbocycles. The molecule has 6 heteroatoms. The normalized spacial score (nSPS) is 11.4. The molecule has 1 heterocycles. The van der Waals surface area contributed by atoms with Crippen molar-refractivity contribution in [1.29, 1.82) is 0 Å². The summed E-state index contributed by atoms with van der Waals surface area (Å²) in [4.78, 5) is 11.2. The molecular weight excluding hydrogens is 184 g/mol. The lowest BCUT2D eigenvalue weighted by Crippen LogP contribution is -2.39. The van der Waals surface area contributed by atoms with Gasteiger partial charge in [0.15, 0.2) is 0 Å². The van der Waals surface area contributed by atoms with E-state index in [4.69, 9.17) is 0 Å². The van der Waals surface area contributed by atoms with E-state index in [9.17, 15) is 9.90 Å². The zero-order chi connectivity index (χ0) is 10.6. The van der Waals surface area contributed by atoms with Crippen LogP contribution < -0.4 is 5.32 Å². The number of aromatic nitrogens is 3. The fourth-order valence-corrected chi connectivity index (χ4v) is 0.835. The summed E-state index contributed by atoms with van der Waals surface area (Å²) in [7, 11) is 0. The molecule has 1 amide bonds. The van der Waals surface area contributed by atoms with Gasteiger partial charge in [-0.15, -0.1) is 5.10 Å². The average molecular weight is 198 g/mol. The Kier molecular flexibility index (Phi) is 3.19. The zero-order valence-electron chi connectivity index (χ0n) is 8.27. The molecule has 1 aromatic heterocycles. The van der Waals surface area contributed by atoms with Crippen LogP contribution in [0.25, 0.3) is 0 Å². The van der Waals surface area contributed by atoms with E-state index in [1.165, 1.54) is 10.9 Å². The Morgan fingerprint density at radius 1 is 1.64 bits per heavy atom. The summed E-state index contributed by atoms with van der Waals surface area (Å²) in [5.41, 5.74) is -0.891. The summed E-state index contributed by atoms with van der Waals surface area (Å²) in [6.45, 7) is 3.60. The minimum absolute atomic E-state index is 0.121. The molecule has 0 radical (unpaired) electrons. The van der Waals surface area contributed by atoms with Crippen molar-refractivity contribution >= 4 is 5.91 Å². The highest BCUT2D eigenvalue weighted by atomic mass is 16.3. The van der Waals surface area contributed by atoms with E-state index in [-0.39, 0.29) is 19.0 Å². The van der Waals surface area contributed by atoms with Crippen LogP contribution >= 0.6 is 0 Å². The minimum Gasteiger partial charge on any atom is -0.389 e. The lowest BCUT2D eigenvalue weighted by atomic mass is 10.1. The van der Waals surface area contributed by atoms with Crippen molar-refractivity contribution in [2.45, 2.75) is 26.0 Å². The van der Waals surface area contributed by atoms with Gasteiger partial charge in [-0.1, -0.05) is 5.21 Å². The molecule has 14 heavy (non-hydrogen) atoms. The topological polar surface area (TPSA) is 80.0 Å². The van der Waals surface area contributed by atoms with Crippen LogP contribution in [0.1, 0.15) is 13.8 Å². The second-order valence-electron chi connectivity index (χ2n) is 3.69. The van der Waals surface area contributed by atoms with E-state index in [0.717, 1.165) is 0 Å². The summed E-state index contributed by atoms with van der Waals surface area (Å²) >= 11 is 0. The van der Waals surface area contributed by atoms with Gasteiger partial charge in [0.2, 0.25) is 5.91 Å². The lowest BCUT2D eigenvalue weighted by molar-refractivity contribution is -0.122. The van der Waals surface area contributed by atoms with E-state index in [1.807, 2.05) is 0 Å². The molecule has 6 nitrogen and oxygen atoms in total. The van der Waals surface area contributed by atoms with Crippen molar-refractivity contribution in [2.24, 2.45) is 0 Å². The lowest BCUT2D eigenvalue weighted by Gasteiger charge is -2.17. The molecule has 0 saturated carbocycles. The van der Waals surface area contributed by atoms with Crippen molar-refractivity contribution < 1.29 is 9.90 Å². The average Bonchev–Trinajstić information content (AvgIpc) is 2.52. The maximum Gasteiger partial charge on any atom is 0.241 e. The molecule has 0 aromatic carbocycles. The molecule has 1 rings (SSSR count).